The Morgan fingerprint density at radius 1 is 1.40 bits per heavy atom. The van der Waals surface area contributed by atoms with E-state index >= 15 is 0 Å². The van der Waals surface area contributed by atoms with E-state index in [2.05, 4.69) is 13.8 Å². The van der Waals surface area contributed by atoms with Gasteiger partial charge in [-0.3, -0.25) is 0 Å². The normalized spacial score (nSPS) is 17.6. The van der Waals surface area contributed by atoms with Crippen LogP contribution in [-0.2, 0) is 14.3 Å². The monoisotopic (exact) mass is 214 g/mol. The van der Waals surface area contributed by atoms with E-state index in [1.165, 1.54) is 0 Å². The van der Waals surface area contributed by atoms with Gasteiger partial charge >= 0.3 is 0 Å². The molecule has 0 aromatic carbocycles. The molecule has 0 aliphatic rings. The van der Waals surface area contributed by atoms with Crippen molar-refractivity contribution in [1.29, 1.82) is 0 Å². The van der Waals surface area contributed by atoms with Crippen molar-refractivity contribution in [2.24, 2.45) is 5.41 Å². The molecule has 0 aliphatic heterocycles. The molecule has 88 valence electrons. The van der Waals surface area contributed by atoms with Crippen LogP contribution >= 0.6 is 0 Å². The molecular weight excluding hydrogens is 192 g/mol. The summed E-state index contributed by atoms with van der Waals surface area (Å²) in [6.07, 6.45) is 6.23. The Hall–Kier alpha value is -0.670. The van der Waals surface area contributed by atoms with Crippen molar-refractivity contribution in [3.05, 3.63) is 12.2 Å². The van der Waals surface area contributed by atoms with Crippen molar-refractivity contribution in [1.82, 2.24) is 0 Å². The highest BCUT2D eigenvalue weighted by Gasteiger charge is 2.30. The maximum Gasteiger partial charge on any atom is 0.120 e. The molecule has 0 heterocycles. The standard InChI is InChI=1S/C12H22O3/c1-5-12(2,8-9-13)11(15-4)7-6-10-14-3/h6-7,9,11H,5,8,10H2,1-4H3/b7-6-. The third-order valence-electron chi connectivity index (χ3n) is 2.87. The van der Waals surface area contributed by atoms with Gasteiger partial charge in [0.2, 0.25) is 0 Å². The molecular formula is C12H22O3. The van der Waals surface area contributed by atoms with Crippen molar-refractivity contribution in [3.8, 4) is 0 Å². The first kappa shape index (κ1) is 14.3. The van der Waals surface area contributed by atoms with E-state index in [9.17, 15) is 4.79 Å². The maximum atomic E-state index is 10.6. The van der Waals surface area contributed by atoms with Crippen LogP contribution in [-0.4, -0.2) is 33.2 Å². The van der Waals surface area contributed by atoms with Crippen LogP contribution in [0.3, 0.4) is 0 Å². The van der Waals surface area contributed by atoms with E-state index in [0.717, 1.165) is 12.7 Å². The van der Waals surface area contributed by atoms with Crippen LogP contribution in [0.5, 0.6) is 0 Å². The van der Waals surface area contributed by atoms with Crippen molar-refractivity contribution >= 4 is 6.29 Å². The molecule has 3 heteroatoms. The van der Waals surface area contributed by atoms with Crippen LogP contribution in [0.1, 0.15) is 26.7 Å². The summed E-state index contributed by atoms with van der Waals surface area (Å²) in [5.74, 6) is 0. The van der Waals surface area contributed by atoms with E-state index in [-0.39, 0.29) is 11.5 Å². The molecule has 2 atom stereocenters. The number of methoxy groups -OCH3 is 2. The molecule has 0 saturated heterocycles. The largest absolute Gasteiger partial charge is 0.381 e. The highest BCUT2D eigenvalue weighted by Crippen LogP contribution is 2.31. The minimum Gasteiger partial charge on any atom is -0.381 e. The minimum atomic E-state index is -0.124. The number of hydrogen-bond donors (Lipinski definition) is 0. The summed E-state index contributed by atoms with van der Waals surface area (Å²) in [6, 6.07) is 0. The smallest absolute Gasteiger partial charge is 0.120 e. The van der Waals surface area contributed by atoms with E-state index in [4.69, 9.17) is 9.47 Å². The van der Waals surface area contributed by atoms with Gasteiger partial charge in [-0.25, -0.2) is 0 Å². The fourth-order valence-electron chi connectivity index (χ4n) is 1.52. The van der Waals surface area contributed by atoms with Crippen LogP contribution in [0.4, 0.5) is 0 Å². The van der Waals surface area contributed by atoms with Crippen LogP contribution in [0, 0.1) is 5.41 Å². The van der Waals surface area contributed by atoms with Gasteiger partial charge in [-0.15, -0.1) is 0 Å². The van der Waals surface area contributed by atoms with E-state index in [0.29, 0.717) is 13.0 Å². The number of rotatable bonds is 8. The summed E-state index contributed by atoms with van der Waals surface area (Å²) in [5.41, 5.74) is -0.124. The Bertz CT molecular complexity index is 201. The second kappa shape index (κ2) is 7.60. The van der Waals surface area contributed by atoms with Gasteiger partial charge in [0, 0.05) is 26.1 Å². The summed E-state index contributed by atoms with van der Waals surface area (Å²) >= 11 is 0. The highest BCUT2D eigenvalue weighted by molar-refractivity contribution is 5.51. The Morgan fingerprint density at radius 3 is 2.47 bits per heavy atom. The molecule has 0 fully saturated rings. The molecule has 2 unspecified atom stereocenters. The summed E-state index contributed by atoms with van der Waals surface area (Å²) < 4.78 is 10.3. The first-order valence-electron chi connectivity index (χ1n) is 5.26. The number of aldehydes is 1. The first-order chi connectivity index (χ1) is 7.14. The van der Waals surface area contributed by atoms with Crippen molar-refractivity contribution in [2.75, 3.05) is 20.8 Å². The van der Waals surface area contributed by atoms with Gasteiger partial charge in [0.25, 0.3) is 0 Å². The SMILES string of the molecule is CCC(C)(CC=O)C(/C=C\COC)OC. The van der Waals surface area contributed by atoms with E-state index in [1.807, 2.05) is 12.2 Å². The summed E-state index contributed by atoms with van der Waals surface area (Å²) in [7, 11) is 3.32. The zero-order chi connectivity index (χ0) is 11.7. The predicted molar refractivity (Wildman–Crippen MR) is 60.9 cm³/mol. The van der Waals surface area contributed by atoms with Crippen LogP contribution < -0.4 is 0 Å². The Morgan fingerprint density at radius 2 is 2.07 bits per heavy atom. The van der Waals surface area contributed by atoms with E-state index in [1.54, 1.807) is 14.2 Å². The molecule has 0 N–H and O–H groups in total. The molecule has 15 heavy (non-hydrogen) atoms. The molecule has 0 radical (unpaired) electrons. The average molecular weight is 214 g/mol. The van der Waals surface area contributed by atoms with Gasteiger partial charge in [-0.05, 0) is 6.42 Å². The molecule has 0 aromatic heterocycles. The van der Waals surface area contributed by atoms with Gasteiger partial charge in [-0.1, -0.05) is 26.0 Å². The fourth-order valence-corrected chi connectivity index (χ4v) is 1.52. The van der Waals surface area contributed by atoms with Crippen LogP contribution in [0.15, 0.2) is 12.2 Å². The topological polar surface area (TPSA) is 35.5 Å². The lowest BCUT2D eigenvalue weighted by atomic mass is 9.78. The molecule has 3 nitrogen and oxygen atoms in total. The number of carbonyl (C=O) groups is 1. The van der Waals surface area contributed by atoms with Gasteiger partial charge in [-0.2, -0.15) is 0 Å². The quantitative estimate of drug-likeness (QED) is 0.459. The Balaban J connectivity index is 4.51. The molecule has 0 amide bonds. The Kier molecular flexibility index (Phi) is 7.26. The number of carbonyl (C=O) groups excluding carboxylic acids is 1. The molecule has 0 spiro atoms. The minimum absolute atomic E-state index is 0.0390. The second-order valence-corrected chi connectivity index (χ2v) is 3.92. The van der Waals surface area contributed by atoms with Crippen molar-refractivity contribution in [3.63, 3.8) is 0 Å². The van der Waals surface area contributed by atoms with Gasteiger partial charge in [0.15, 0.2) is 0 Å². The third kappa shape index (κ3) is 4.58. The van der Waals surface area contributed by atoms with Crippen LogP contribution in [0.25, 0.3) is 0 Å². The van der Waals surface area contributed by atoms with E-state index < -0.39 is 0 Å². The summed E-state index contributed by atoms with van der Waals surface area (Å²) in [4.78, 5) is 10.6. The molecule has 0 aromatic rings. The molecule has 0 bridgehead atoms. The number of hydrogen-bond acceptors (Lipinski definition) is 3. The summed E-state index contributed by atoms with van der Waals surface area (Å²) in [5, 5.41) is 0. The predicted octanol–water partition coefficient (Wildman–Crippen LogP) is 2.21. The molecule has 0 aliphatic carbocycles. The highest BCUT2D eigenvalue weighted by atomic mass is 16.5. The number of ether oxygens (including phenoxy) is 2. The van der Waals surface area contributed by atoms with Gasteiger partial charge < -0.3 is 14.3 Å². The maximum absolute atomic E-state index is 10.6. The van der Waals surface area contributed by atoms with Gasteiger partial charge in [0.1, 0.15) is 6.29 Å². The lowest BCUT2D eigenvalue weighted by molar-refractivity contribution is -0.111. The van der Waals surface area contributed by atoms with Crippen molar-refractivity contribution < 1.29 is 14.3 Å². The molecule has 0 rings (SSSR count). The lowest BCUT2D eigenvalue weighted by Crippen LogP contribution is -2.32. The average Bonchev–Trinajstić information content (AvgIpc) is 2.24. The van der Waals surface area contributed by atoms with Crippen LogP contribution in [0.2, 0.25) is 0 Å². The summed E-state index contributed by atoms with van der Waals surface area (Å²) in [6.45, 7) is 4.70. The molecule has 0 saturated carbocycles. The van der Waals surface area contributed by atoms with Gasteiger partial charge in [0.05, 0.1) is 12.7 Å². The zero-order valence-electron chi connectivity index (χ0n) is 10.2. The lowest BCUT2D eigenvalue weighted by Gasteiger charge is -2.32. The third-order valence-corrected chi connectivity index (χ3v) is 2.87. The zero-order valence-corrected chi connectivity index (χ0v) is 10.2. The van der Waals surface area contributed by atoms with Crippen molar-refractivity contribution in [2.45, 2.75) is 32.8 Å². The fraction of sp³-hybridized carbons (Fsp3) is 0.750. The second-order valence-electron chi connectivity index (χ2n) is 3.92. The first-order valence-corrected chi connectivity index (χ1v) is 5.26. The Labute approximate surface area is 92.5 Å².